The van der Waals surface area contributed by atoms with Crippen LogP contribution in [0.5, 0.6) is 0 Å². The Morgan fingerprint density at radius 1 is 1.39 bits per heavy atom. The summed E-state index contributed by atoms with van der Waals surface area (Å²) >= 11 is 1.59. The molecule has 0 bridgehead atoms. The van der Waals surface area contributed by atoms with E-state index in [9.17, 15) is 14.4 Å². The molecule has 104 valence electrons. The van der Waals surface area contributed by atoms with Gasteiger partial charge in [-0.25, -0.2) is 9.59 Å². The molecule has 18 heavy (non-hydrogen) atoms. The van der Waals surface area contributed by atoms with Crippen molar-refractivity contribution in [2.24, 2.45) is 5.73 Å². The first-order valence-electron chi connectivity index (χ1n) is 5.45. The van der Waals surface area contributed by atoms with E-state index in [-0.39, 0.29) is 18.1 Å². The average Bonchev–Trinajstić information content (AvgIpc) is 2.30. The second kappa shape index (κ2) is 8.62. The van der Waals surface area contributed by atoms with Gasteiger partial charge in [-0.3, -0.25) is 4.79 Å². The maximum absolute atomic E-state index is 11.4. The van der Waals surface area contributed by atoms with Gasteiger partial charge in [-0.15, -0.1) is 0 Å². The molecule has 0 radical (unpaired) electrons. The van der Waals surface area contributed by atoms with Crippen molar-refractivity contribution in [3.8, 4) is 0 Å². The van der Waals surface area contributed by atoms with E-state index >= 15 is 0 Å². The molecule has 0 saturated heterocycles. The van der Waals surface area contributed by atoms with Crippen LogP contribution in [0.15, 0.2) is 0 Å². The summed E-state index contributed by atoms with van der Waals surface area (Å²) in [6.07, 6.45) is 1.81. The number of hydrogen-bond donors (Lipinski definition) is 4. The fraction of sp³-hybridized carbons (Fsp3) is 0.700. The Balaban J connectivity index is 4.11. The van der Waals surface area contributed by atoms with Crippen molar-refractivity contribution < 1.29 is 19.5 Å². The van der Waals surface area contributed by atoms with E-state index in [0.29, 0.717) is 6.54 Å². The lowest BCUT2D eigenvalue weighted by Crippen LogP contribution is -2.47. The number of thioether (sulfide) groups is 1. The Kier molecular flexibility index (Phi) is 7.93. The third-order valence-electron chi connectivity index (χ3n) is 2.24. The zero-order valence-electron chi connectivity index (χ0n) is 10.4. The van der Waals surface area contributed by atoms with Crippen molar-refractivity contribution in [2.75, 3.05) is 12.8 Å². The number of nitrogens with two attached hydrogens (primary N) is 1. The minimum Gasteiger partial charge on any atom is -0.480 e. The van der Waals surface area contributed by atoms with Crippen molar-refractivity contribution in [3.63, 3.8) is 0 Å². The lowest BCUT2D eigenvalue weighted by molar-refractivity contribution is -0.139. The summed E-state index contributed by atoms with van der Waals surface area (Å²) in [4.78, 5) is 32.8. The molecule has 0 saturated carbocycles. The summed E-state index contributed by atoms with van der Waals surface area (Å²) < 4.78 is 0. The molecule has 0 aromatic heterocycles. The van der Waals surface area contributed by atoms with E-state index < -0.39 is 23.9 Å². The third-order valence-corrected chi connectivity index (χ3v) is 3.21. The van der Waals surface area contributed by atoms with Gasteiger partial charge in [0.15, 0.2) is 0 Å². The molecular weight excluding hydrogens is 258 g/mol. The van der Waals surface area contributed by atoms with Crippen molar-refractivity contribution in [1.29, 1.82) is 0 Å². The summed E-state index contributed by atoms with van der Waals surface area (Å²) in [5.41, 5.74) is 4.93. The quantitative estimate of drug-likeness (QED) is 0.487. The molecule has 0 fully saturated rings. The molecule has 0 spiro atoms. The van der Waals surface area contributed by atoms with Crippen LogP contribution >= 0.6 is 11.8 Å². The van der Waals surface area contributed by atoms with Gasteiger partial charge in [-0.2, -0.15) is 11.8 Å². The number of carbonyl (C=O) groups excluding carboxylic acids is 2. The van der Waals surface area contributed by atoms with Crippen molar-refractivity contribution >= 4 is 29.7 Å². The number of amides is 3. The van der Waals surface area contributed by atoms with E-state index in [1.54, 1.807) is 11.8 Å². The first-order valence-corrected chi connectivity index (χ1v) is 6.73. The van der Waals surface area contributed by atoms with E-state index in [2.05, 4.69) is 10.6 Å². The standard InChI is InChI=1S/C10H19N3O4S/c1-6(18-2)5-12-10(17)13-7(9(15)16)3-4-8(11)14/h6-7H,3-5H2,1-2H3,(H2,11,14)(H,15,16)(H2,12,13,17)/t6?,7-/m0/s1. The lowest BCUT2D eigenvalue weighted by Gasteiger charge is -2.15. The first kappa shape index (κ1) is 16.6. The van der Waals surface area contributed by atoms with Crippen LogP contribution in [0.2, 0.25) is 0 Å². The minimum absolute atomic E-state index is 0.0177. The number of hydrogen-bond acceptors (Lipinski definition) is 4. The highest BCUT2D eigenvalue weighted by atomic mass is 32.2. The Bertz CT molecular complexity index is 311. The SMILES string of the molecule is CSC(C)CNC(=O)N[C@@H](CCC(N)=O)C(=O)O. The van der Waals surface area contributed by atoms with Gasteiger partial charge in [0.25, 0.3) is 0 Å². The highest BCUT2D eigenvalue weighted by Gasteiger charge is 2.20. The number of carboxylic acids is 1. The smallest absolute Gasteiger partial charge is 0.326 e. The Hall–Kier alpha value is -1.44. The molecule has 8 heteroatoms. The predicted molar refractivity (Wildman–Crippen MR) is 69.4 cm³/mol. The summed E-state index contributed by atoms with van der Waals surface area (Å²) in [5.74, 6) is -1.79. The maximum Gasteiger partial charge on any atom is 0.326 e. The summed E-state index contributed by atoms with van der Waals surface area (Å²) in [6, 6.07) is -1.67. The van der Waals surface area contributed by atoms with Crippen LogP contribution in [-0.4, -0.2) is 47.1 Å². The molecule has 5 N–H and O–H groups in total. The molecule has 0 aromatic carbocycles. The van der Waals surface area contributed by atoms with Gasteiger partial charge in [0.2, 0.25) is 5.91 Å². The van der Waals surface area contributed by atoms with Crippen molar-refractivity contribution in [3.05, 3.63) is 0 Å². The third kappa shape index (κ3) is 7.77. The van der Waals surface area contributed by atoms with Crippen molar-refractivity contribution in [2.45, 2.75) is 31.1 Å². The minimum atomic E-state index is -1.19. The molecule has 1 unspecified atom stereocenters. The van der Waals surface area contributed by atoms with Gasteiger partial charge in [0.05, 0.1) is 0 Å². The Morgan fingerprint density at radius 3 is 2.44 bits per heavy atom. The normalized spacial score (nSPS) is 13.4. The van der Waals surface area contributed by atoms with Crippen molar-refractivity contribution in [1.82, 2.24) is 10.6 Å². The molecular formula is C10H19N3O4S. The fourth-order valence-corrected chi connectivity index (χ4v) is 1.32. The lowest BCUT2D eigenvalue weighted by atomic mass is 10.1. The van der Waals surface area contributed by atoms with Gasteiger partial charge >= 0.3 is 12.0 Å². The molecule has 3 amide bonds. The van der Waals surface area contributed by atoms with E-state index in [1.165, 1.54) is 0 Å². The van der Waals surface area contributed by atoms with Crippen LogP contribution in [0.4, 0.5) is 4.79 Å². The summed E-state index contributed by atoms with van der Waals surface area (Å²) in [7, 11) is 0. The Morgan fingerprint density at radius 2 is 2.00 bits per heavy atom. The second-order valence-electron chi connectivity index (χ2n) is 3.80. The molecule has 0 aliphatic heterocycles. The first-order chi connectivity index (χ1) is 8.36. The molecule has 0 aliphatic rings. The predicted octanol–water partition coefficient (Wildman–Crippen LogP) is -0.244. The number of carbonyl (C=O) groups is 3. The van der Waals surface area contributed by atoms with Crippen LogP contribution in [0.1, 0.15) is 19.8 Å². The number of primary amides is 1. The Labute approximate surface area is 110 Å². The van der Waals surface area contributed by atoms with Crippen LogP contribution in [-0.2, 0) is 9.59 Å². The number of carboxylic acid groups (broad SMARTS) is 1. The zero-order valence-corrected chi connectivity index (χ0v) is 11.3. The van der Waals surface area contributed by atoms with E-state index in [4.69, 9.17) is 10.8 Å². The van der Waals surface area contributed by atoms with E-state index in [1.807, 2.05) is 13.2 Å². The fourth-order valence-electron chi connectivity index (χ4n) is 1.07. The molecule has 7 nitrogen and oxygen atoms in total. The highest BCUT2D eigenvalue weighted by Crippen LogP contribution is 2.02. The van der Waals surface area contributed by atoms with Gasteiger partial charge < -0.3 is 21.5 Å². The number of aliphatic carboxylic acids is 1. The largest absolute Gasteiger partial charge is 0.480 e. The molecule has 0 rings (SSSR count). The molecule has 0 aromatic rings. The second-order valence-corrected chi connectivity index (χ2v) is 5.07. The van der Waals surface area contributed by atoms with Crippen LogP contribution in [0, 0.1) is 0 Å². The molecule has 0 aliphatic carbocycles. The summed E-state index contributed by atoms with van der Waals surface area (Å²) in [6.45, 7) is 2.38. The van der Waals surface area contributed by atoms with Gasteiger partial charge in [-0.05, 0) is 12.7 Å². The monoisotopic (exact) mass is 277 g/mol. The van der Waals surface area contributed by atoms with Crippen LogP contribution in [0.3, 0.4) is 0 Å². The van der Waals surface area contributed by atoms with Gasteiger partial charge in [0, 0.05) is 18.2 Å². The van der Waals surface area contributed by atoms with Gasteiger partial charge in [-0.1, -0.05) is 6.92 Å². The number of urea groups is 1. The number of nitrogens with one attached hydrogen (secondary N) is 2. The maximum atomic E-state index is 11.4. The zero-order chi connectivity index (χ0) is 14.1. The molecule has 0 heterocycles. The van der Waals surface area contributed by atoms with E-state index in [0.717, 1.165) is 0 Å². The summed E-state index contributed by atoms with van der Waals surface area (Å²) in [5, 5.41) is 13.9. The van der Waals surface area contributed by atoms with Crippen LogP contribution in [0.25, 0.3) is 0 Å². The van der Waals surface area contributed by atoms with Gasteiger partial charge in [0.1, 0.15) is 6.04 Å². The topological polar surface area (TPSA) is 122 Å². The van der Waals surface area contributed by atoms with Crippen LogP contribution < -0.4 is 16.4 Å². The average molecular weight is 277 g/mol. The highest BCUT2D eigenvalue weighted by molar-refractivity contribution is 7.99. The number of rotatable bonds is 8. The molecule has 2 atom stereocenters.